The van der Waals surface area contributed by atoms with Crippen LogP contribution in [0.1, 0.15) is 33.6 Å². The smallest absolute Gasteiger partial charge is 0.321 e. The van der Waals surface area contributed by atoms with Gasteiger partial charge < -0.3 is 24.8 Å². The molecule has 0 aromatic rings. The number of likely N-dealkylation sites (N-methyl/N-ethyl adjacent to an activating group) is 1. The monoisotopic (exact) mass is 468 g/mol. The van der Waals surface area contributed by atoms with E-state index >= 15 is 0 Å². The highest BCUT2D eigenvalue weighted by Crippen LogP contribution is 2.26. The summed E-state index contributed by atoms with van der Waals surface area (Å²) in [5.41, 5.74) is 1.69. The van der Waals surface area contributed by atoms with E-state index in [1.165, 1.54) is 18.1 Å². The van der Waals surface area contributed by atoms with Gasteiger partial charge in [0, 0.05) is 13.6 Å². The van der Waals surface area contributed by atoms with Gasteiger partial charge in [-0.05, 0) is 25.7 Å². The van der Waals surface area contributed by atoms with Crippen molar-refractivity contribution in [1.29, 1.82) is 0 Å². The second-order valence-electron chi connectivity index (χ2n) is 8.69. The molecule has 11 nitrogen and oxygen atoms in total. The lowest BCUT2D eigenvalue weighted by Gasteiger charge is -2.35. The van der Waals surface area contributed by atoms with E-state index in [-0.39, 0.29) is 30.9 Å². The van der Waals surface area contributed by atoms with Crippen molar-refractivity contribution in [2.75, 3.05) is 40.0 Å². The van der Waals surface area contributed by atoms with Crippen LogP contribution in [0.5, 0.6) is 0 Å². The molecule has 33 heavy (non-hydrogen) atoms. The van der Waals surface area contributed by atoms with Gasteiger partial charge in [-0.15, -0.1) is 6.58 Å². The second-order valence-corrected chi connectivity index (χ2v) is 8.69. The zero-order valence-electron chi connectivity index (χ0n) is 19.8. The molecular weight excluding hydrogens is 432 g/mol. The van der Waals surface area contributed by atoms with Gasteiger partial charge in [-0.3, -0.25) is 24.2 Å². The zero-order valence-corrected chi connectivity index (χ0v) is 19.8. The molecule has 0 unspecified atom stereocenters. The van der Waals surface area contributed by atoms with Crippen LogP contribution in [0.25, 0.3) is 0 Å². The van der Waals surface area contributed by atoms with Crippen LogP contribution < -0.4 is 16.1 Å². The molecule has 0 aromatic carbocycles. The number of ether oxygens (including phenoxy) is 3. The van der Waals surface area contributed by atoms with Crippen molar-refractivity contribution in [3.63, 3.8) is 0 Å². The van der Waals surface area contributed by atoms with Crippen LogP contribution in [-0.4, -0.2) is 86.9 Å². The molecule has 186 valence electrons. The molecule has 2 fully saturated rings. The van der Waals surface area contributed by atoms with Gasteiger partial charge in [0.2, 0.25) is 5.91 Å². The predicted octanol–water partition coefficient (Wildman–Crippen LogP) is -0.480. The molecule has 0 aromatic heterocycles. The Morgan fingerprint density at radius 3 is 2.36 bits per heavy atom. The van der Waals surface area contributed by atoms with Crippen LogP contribution in [0.3, 0.4) is 0 Å². The third-order valence-corrected chi connectivity index (χ3v) is 5.73. The minimum atomic E-state index is -1.21. The molecule has 0 spiro atoms. The molecule has 0 bridgehead atoms. The maximum absolute atomic E-state index is 13.0. The molecule has 0 saturated carbocycles. The first-order valence-electron chi connectivity index (χ1n) is 11.2. The molecule has 3 N–H and O–H groups in total. The summed E-state index contributed by atoms with van der Waals surface area (Å²) >= 11 is 0. The average molecular weight is 469 g/mol. The molecule has 2 aliphatic heterocycles. The summed E-state index contributed by atoms with van der Waals surface area (Å²) in [5, 5.41) is 6.53. The third kappa shape index (κ3) is 6.75. The minimum Gasteiger partial charge on any atom is -0.451 e. The predicted molar refractivity (Wildman–Crippen MR) is 119 cm³/mol. The topological polar surface area (TPSA) is 135 Å². The van der Waals surface area contributed by atoms with Gasteiger partial charge in [0.05, 0.1) is 26.4 Å². The van der Waals surface area contributed by atoms with E-state index in [9.17, 15) is 19.2 Å². The number of hydrazine groups is 1. The van der Waals surface area contributed by atoms with Gasteiger partial charge in [-0.25, -0.2) is 5.43 Å². The Balaban J connectivity index is 2.02. The van der Waals surface area contributed by atoms with Gasteiger partial charge in [-0.1, -0.05) is 19.9 Å². The van der Waals surface area contributed by atoms with Crippen molar-refractivity contribution in [3.05, 3.63) is 12.7 Å². The van der Waals surface area contributed by atoms with Crippen LogP contribution in [0.2, 0.25) is 0 Å². The molecule has 2 heterocycles. The normalized spacial score (nSPS) is 22.5. The molecule has 2 rings (SSSR count). The van der Waals surface area contributed by atoms with Crippen LogP contribution in [0.4, 0.5) is 0 Å². The van der Waals surface area contributed by atoms with Gasteiger partial charge in [0.15, 0.2) is 6.10 Å². The summed E-state index contributed by atoms with van der Waals surface area (Å²) in [7, 11) is 1.53. The highest BCUT2D eigenvalue weighted by Gasteiger charge is 2.42. The lowest BCUT2D eigenvalue weighted by molar-refractivity contribution is -0.170. The van der Waals surface area contributed by atoms with Crippen LogP contribution in [0.15, 0.2) is 12.7 Å². The molecule has 2 aliphatic rings. The van der Waals surface area contributed by atoms with Gasteiger partial charge in [-0.2, -0.15) is 0 Å². The van der Waals surface area contributed by atoms with Crippen LogP contribution in [-0.2, 0) is 33.4 Å². The quantitative estimate of drug-likeness (QED) is 0.321. The number of amides is 3. The molecule has 0 radical (unpaired) electrons. The first-order chi connectivity index (χ1) is 15.6. The van der Waals surface area contributed by atoms with Gasteiger partial charge >= 0.3 is 5.97 Å². The number of carbonyl (C=O) groups excluding carboxylic acids is 4. The van der Waals surface area contributed by atoms with Crippen molar-refractivity contribution in [3.8, 4) is 0 Å². The standard InChI is InChI=1S/C22H36N4O7/c1-6-22(12-31-10-11-32-13-22)21(30)33-17(14(2)3)19(28)24-15(4)20(29)26-9-7-8-16(25-26)18(27)23-5/h6,14-17,25H,1,7-13H2,2-5H3,(H,23,27)(H,24,28)/t15-,16-,17-/m0/s1. The molecule has 11 heteroatoms. The largest absolute Gasteiger partial charge is 0.451 e. The number of nitrogens with one attached hydrogen (secondary N) is 3. The summed E-state index contributed by atoms with van der Waals surface area (Å²) in [6.45, 7) is 9.95. The number of rotatable bonds is 8. The Morgan fingerprint density at radius 2 is 1.82 bits per heavy atom. The number of esters is 1. The Morgan fingerprint density at radius 1 is 1.18 bits per heavy atom. The van der Waals surface area contributed by atoms with E-state index in [2.05, 4.69) is 22.6 Å². The van der Waals surface area contributed by atoms with E-state index in [1.807, 2.05) is 0 Å². The summed E-state index contributed by atoms with van der Waals surface area (Å²) in [6.07, 6.45) is 1.55. The fourth-order valence-corrected chi connectivity index (χ4v) is 3.61. The third-order valence-electron chi connectivity index (χ3n) is 5.73. The second kappa shape index (κ2) is 12.1. The Bertz CT molecular complexity index is 734. The Labute approximate surface area is 194 Å². The first kappa shape index (κ1) is 26.7. The van der Waals surface area contributed by atoms with E-state index in [4.69, 9.17) is 14.2 Å². The maximum atomic E-state index is 13.0. The lowest BCUT2D eigenvalue weighted by Crippen LogP contribution is -2.61. The maximum Gasteiger partial charge on any atom is 0.321 e. The molecular formula is C22H36N4O7. The lowest BCUT2D eigenvalue weighted by atomic mass is 9.90. The van der Waals surface area contributed by atoms with E-state index in [1.54, 1.807) is 20.8 Å². The SMILES string of the molecule is C=CC1(C(=O)O[C@H](C(=O)N[C@@H](C)C(=O)N2CCC[C@@H](C(=O)NC)N2)C(C)C)COCCOC1. The number of nitrogens with zero attached hydrogens (tertiary/aromatic N) is 1. The fourth-order valence-electron chi connectivity index (χ4n) is 3.61. The van der Waals surface area contributed by atoms with Crippen molar-refractivity contribution in [2.24, 2.45) is 11.3 Å². The van der Waals surface area contributed by atoms with E-state index < -0.39 is 35.5 Å². The fraction of sp³-hybridized carbons (Fsp3) is 0.727. The average Bonchev–Trinajstić information content (AvgIpc) is 3.07. The molecule has 2 saturated heterocycles. The van der Waals surface area contributed by atoms with E-state index in [0.29, 0.717) is 32.6 Å². The zero-order chi connectivity index (χ0) is 24.6. The van der Waals surface area contributed by atoms with Gasteiger partial charge in [0.25, 0.3) is 11.8 Å². The Kier molecular flexibility index (Phi) is 9.81. The molecule has 3 atom stereocenters. The van der Waals surface area contributed by atoms with Crippen LogP contribution in [0, 0.1) is 11.3 Å². The van der Waals surface area contributed by atoms with Gasteiger partial charge in [0.1, 0.15) is 17.5 Å². The highest BCUT2D eigenvalue weighted by molar-refractivity contribution is 5.91. The summed E-state index contributed by atoms with van der Waals surface area (Å²) in [5.74, 6) is -2.21. The van der Waals surface area contributed by atoms with Crippen molar-refractivity contribution in [1.82, 2.24) is 21.1 Å². The summed E-state index contributed by atoms with van der Waals surface area (Å²) in [6, 6.07) is -1.41. The van der Waals surface area contributed by atoms with Crippen molar-refractivity contribution < 1.29 is 33.4 Å². The first-order valence-corrected chi connectivity index (χ1v) is 11.2. The molecule has 3 amide bonds. The summed E-state index contributed by atoms with van der Waals surface area (Å²) in [4.78, 5) is 50.7. The number of hydrogen-bond acceptors (Lipinski definition) is 8. The van der Waals surface area contributed by atoms with E-state index in [0.717, 1.165) is 0 Å². The summed E-state index contributed by atoms with van der Waals surface area (Å²) < 4.78 is 16.5. The molecule has 0 aliphatic carbocycles. The highest BCUT2D eigenvalue weighted by atomic mass is 16.6. The minimum absolute atomic E-state index is 0.0454. The van der Waals surface area contributed by atoms with Crippen molar-refractivity contribution in [2.45, 2.75) is 51.8 Å². The van der Waals surface area contributed by atoms with Crippen molar-refractivity contribution >= 4 is 23.7 Å². The van der Waals surface area contributed by atoms with Crippen LogP contribution >= 0.6 is 0 Å². The Hall–Kier alpha value is -2.50. The number of carbonyl (C=O) groups is 4. The number of hydrogen-bond donors (Lipinski definition) is 3.